The largest absolute Gasteiger partial charge is 0.411 e. The maximum atomic E-state index is 8.77. The molecule has 68 valence electrons. The number of hydrogen-bond donors (Lipinski definition) is 1. The van der Waals surface area contributed by atoms with Gasteiger partial charge in [-0.25, -0.2) is 0 Å². The summed E-state index contributed by atoms with van der Waals surface area (Å²) >= 11 is 0. The molecule has 1 saturated carbocycles. The molecule has 0 saturated heterocycles. The third kappa shape index (κ3) is 1.68. The summed E-state index contributed by atoms with van der Waals surface area (Å²) in [5, 5.41) is 12.1. The molecule has 0 aliphatic heterocycles. The fourth-order valence-corrected chi connectivity index (χ4v) is 1.76. The van der Waals surface area contributed by atoms with Crippen LogP contribution in [0.1, 0.15) is 40.5 Å². The third-order valence-corrected chi connectivity index (χ3v) is 2.37. The van der Waals surface area contributed by atoms with Crippen LogP contribution in [0.15, 0.2) is 16.3 Å². The molecule has 0 aromatic heterocycles. The average molecular weight is 167 g/mol. The van der Waals surface area contributed by atoms with Crippen LogP contribution in [-0.2, 0) is 0 Å². The van der Waals surface area contributed by atoms with E-state index in [0.717, 1.165) is 18.6 Å². The van der Waals surface area contributed by atoms with Crippen molar-refractivity contribution in [1.82, 2.24) is 0 Å². The smallest absolute Gasteiger partial charge is 0.0832 e. The van der Waals surface area contributed by atoms with Crippen molar-refractivity contribution in [2.45, 2.75) is 40.5 Å². The van der Waals surface area contributed by atoms with Crippen molar-refractivity contribution in [2.75, 3.05) is 0 Å². The van der Waals surface area contributed by atoms with Crippen LogP contribution in [0.4, 0.5) is 0 Å². The first-order chi connectivity index (χ1) is 5.46. The zero-order valence-electron chi connectivity index (χ0n) is 8.31. The molecule has 0 unspecified atom stereocenters. The van der Waals surface area contributed by atoms with Crippen molar-refractivity contribution in [3.63, 3.8) is 0 Å². The molecule has 0 atom stereocenters. The average Bonchev–Trinajstić information content (AvgIpc) is 2.25. The lowest BCUT2D eigenvalue weighted by atomic mass is 9.91. The van der Waals surface area contributed by atoms with Gasteiger partial charge in [0, 0.05) is 0 Å². The number of oxime groups is 1. The predicted octanol–water partition coefficient (Wildman–Crippen LogP) is 2.97. The summed E-state index contributed by atoms with van der Waals surface area (Å²) in [6.07, 6.45) is 1.93. The summed E-state index contributed by atoms with van der Waals surface area (Å²) in [6.45, 7) is 8.55. The third-order valence-electron chi connectivity index (χ3n) is 2.37. The Labute approximate surface area is 74.0 Å². The molecule has 0 aromatic rings. The van der Waals surface area contributed by atoms with Crippen molar-refractivity contribution in [1.29, 1.82) is 0 Å². The second kappa shape index (κ2) is 2.92. The van der Waals surface area contributed by atoms with Crippen molar-refractivity contribution < 1.29 is 5.21 Å². The van der Waals surface area contributed by atoms with Crippen LogP contribution in [0.3, 0.4) is 0 Å². The van der Waals surface area contributed by atoms with Crippen LogP contribution >= 0.6 is 0 Å². The van der Waals surface area contributed by atoms with Gasteiger partial charge in [0.1, 0.15) is 0 Å². The Balaban J connectivity index is 3.01. The number of rotatable bonds is 0. The molecule has 0 heterocycles. The maximum absolute atomic E-state index is 8.77. The van der Waals surface area contributed by atoms with E-state index >= 15 is 0 Å². The van der Waals surface area contributed by atoms with Gasteiger partial charge < -0.3 is 5.21 Å². The Hall–Kier alpha value is -0.790. The lowest BCUT2D eigenvalue weighted by Gasteiger charge is -2.13. The fraction of sp³-hybridized carbons (Fsp3) is 0.700. The van der Waals surface area contributed by atoms with Crippen molar-refractivity contribution >= 4 is 5.71 Å². The van der Waals surface area contributed by atoms with Crippen molar-refractivity contribution in [2.24, 2.45) is 10.6 Å². The first kappa shape index (κ1) is 9.30. The zero-order chi connectivity index (χ0) is 9.35. The Kier molecular flexibility index (Phi) is 2.27. The van der Waals surface area contributed by atoms with E-state index < -0.39 is 0 Å². The van der Waals surface area contributed by atoms with Crippen molar-refractivity contribution in [3.05, 3.63) is 11.1 Å². The summed E-state index contributed by atoms with van der Waals surface area (Å²) in [5.41, 5.74) is 3.66. The van der Waals surface area contributed by atoms with Crippen LogP contribution in [0.5, 0.6) is 0 Å². The van der Waals surface area contributed by atoms with Gasteiger partial charge in [0.05, 0.1) is 5.71 Å². The maximum Gasteiger partial charge on any atom is 0.0832 e. The van der Waals surface area contributed by atoms with Gasteiger partial charge in [0.2, 0.25) is 0 Å². The van der Waals surface area contributed by atoms with Crippen LogP contribution in [-0.4, -0.2) is 10.9 Å². The molecule has 0 aromatic carbocycles. The highest BCUT2D eigenvalue weighted by molar-refractivity contribution is 6.03. The van der Waals surface area contributed by atoms with Crippen molar-refractivity contribution in [3.8, 4) is 0 Å². The summed E-state index contributed by atoms with van der Waals surface area (Å²) < 4.78 is 0. The first-order valence-electron chi connectivity index (χ1n) is 4.34. The molecule has 2 heteroatoms. The van der Waals surface area contributed by atoms with E-state index in [4.69, 9.17) is 5.21 Å². The lowest BCUT2D eigenvalue weighted by molar-refractivity contribution is 0.316. The first-order valence-corrected chi connectivity index (χ1v) is 4.34. The van der Waals surface area contributed by atoms with Gasteiger partial charge in [-0.15, -0.1) is 0 Å². The minimum Gasteiger partial charge on any atom is -0.411 e. The molecule has 0 spiro atoms. The molecular weight excluding hydrogens is 150 g/mol. The Morgan fingerprint density at radius 3 is 2.25 bits per heavy atom. The molecule has 12 heavy (non-hydrogen) atoms. The summed E-state index contributed by atoms with van der Waals surface area (Å²) in [5.74, 6) is 0. The van der Waals surface area contributed by atoms with Gasteiger partial charge in [0.25, 0.3) is 0 Å². The Morgan fingerprint density at radius 2 is 1.92 bits per heavy atom. The van der Waals surface area contributed by atoms with E-state index in [2.05, 4.69) is 32.9 Å². The predicted molar refractivity (Wildman–Crippen MR) is 50.6 cm³/mol. The second-order valence-corrected chi connectivity index (χ2v) is 4.54. The molecule has 1 rings (SSSR count). The van der Waals surface area contributed by atoms with E-state index in [0.29, 0.717) is 0 Å². The number of allylic oxidation sites excluding steroid dienone is 2. The molecule has 0 radical (unpaired) electrons. The zero-order valence-corrected chi connectivity index (χ0v) is 8.31. The van der Waals surface area contributed by atoms with Crippen LogP contribution in [0.25, 0.3) is 0 Å². The quantitative estimate of drug-likeness (QED) is 0.436. The minimum atomic E-state index is 0.272. The van der Waals surface area contributed by atoms with Crippen LogP contribution in [0, 0.1) is 5.41 Å². The standard InChI is InChI=1S/C10H17NO/c1-7(2)8-5-10(3,4)6-9(8)11-12/h12H,5-6H2,1-4H3/b11-9-. The molecule has 0 bridgehead atoms. The minimum absolute atomic E-state index is 0.272. The highest BCUT2D eigenvalue weighted by atomic mass is 16.4. The highest BCUT2D eigenvalue weighted by Gasteiger charge is 2.32. The topological polar surface area (TPSA) is 32.6 Å². The van der Waals surface area contributed by atoms with Gasteiger partial charge in [-0.2, -0.15) is 0 Å². The van der Waals surface area contributed by atoms with E-state index in [9.17, 15) is 0 Å². The van der Waals surface area contributed by atoms with Gasteiger partial charge in [0.15, 0.2) is 0 Å². The molecule has 1 aliphatic rings. The summed E-state index contributed by atoms with van der Waals surface area (Å²) in [6, 6.07) is 0. The number of nitrogens with zero attached hydrogens (tertiary/aromatic N) is 1. The van der Waals surface area contributed by atoms with Crippen LogP contribution in [0.2, 0.25) is 0 Å². The van der Waals surface area contributed by atoms with Gasteiger partial charge >= 0.3 is 0 Å². The molecule has 1 fully saturated rings. The molecule has 1 aliphatic carbocycles. The van der Waals surface area contributed by atoms with Gasteiger partial charge in [-0.1, -0.05) is 24.6 Å². The van der Waals surface area contributed by atoms with E-state index in [1.165, 1.54) is 11.1 Å². The molecule has 1 N–H and O–H groups in total. The van der Waals surface area contributed by atoms with E-state index in [1.807, 2.05) is 0 Å². The number of hydrogen-bond acceptors (Lipinski definition) is 2. The Bertz CT molecular complexity index is 245. The second-order valence-electron chi connectivity index (χ2n) is 4.54. The molecular formula is C10H17NO. The normalized spacial score (nSPS) is 25.0. The fourth-order valence-electron chi connectivity index (χ4n) is 1.76. The summed E-state index contributed by atoms with van der Waals surface area (Å²) in [4.78, 5) is 0. The van der Waals surface area contributed by atoms with Gasteiger partial charge in [-0.3, -0.25) is 0 Å². The van der Waals surface area contributed by atoms with E-state index in [-0.39, 0.29) is 5.41 Å². The molecule has 2 nitrogen and oxygen atoms in total. The molecule has 0 amide bonds. The Morgan fingerprint density at radius 1 is 1.33 bits per heavy atom. The summed E-state index contributed by atoms with van der Waals surface area (Å²) in [7, 11) is 0. The van der Waals surface area contributed by atoms with E-state index in [1.54, 1.807) is 0 Å². The van der Waals surface area contributed by atoms with Gasteiger partial charge in [-0.05, 0) is 37.7 Å². The monoisotopic (exact) mass is 167 g/mol. The van der Waals surface area contributed by atoms with Crippen LogP contribution < -0.4 is 0 Å². The SMILES string of the molecule is CC(C)=C1CC(C)(C)C/C1=N/O. The lowest BCUT2D eigenvalue weighted by Crippen LogP contribution is -2.04. The highest BCUT2D eigenvalue weighted by Crippen LogP contribution is 2.39.